The van der Waals surface area contributed by atoms with Gasteiger partial charge in [0.1, 0.15) is 0 Å². The summed E-state index contributed by atoms with van der Waals surface area (Å²) in [7, 11) is 0. The molecule has 4 nitrogen and oxygen atoms in total. The van der Waals surface area contributed by atoms with Crippen LogP contribution >= 0.6 is 0 Å². The fourth-order valence-electron chi connectivity index (χ4n) is 6.50. The molecule has 0 bridgehead atoms. The second kappa shape index (κ2) is 10.7. The molecule has 0 saturated heterocycles. The molecular weight excluding hydrogens is 560 g/mol. The lowest BCUT2D eigenvalue weighted by Gasteiger charge is -2.15. The van der Waals surface area contributed by atoms with Crippen LogP contribution in [0.4, 0.5) is 0 Å². The van der Waals surface area contributed by atoms with Gasteiger partial charge in [-0.1, -0.05) is 109 Å². The van der Waals surface area contributed by atoms with Gasteiger partial charge < -0.3 is 0 Å². The lowest BCUT2D eigenvalue weighted by atomic mass is 9.92. The molecule has 0 aliphatic rings. The molecule has 0 unspecified atom stereocenters. The highest BCUT2D eigenvalue weighted by Gasteiger charge is 2.16. The van der Waals surface area contributed by atoms with Gasteiger partial charge in [0.25, 0.3) is 0 Å². The van der Waals surface area contributed by atoms with E-state index in [1.54, 1.807) is 0 Å². The Hall–Kier alpha value is -6.26. The maximum absolute atomic E-state index is 5.25. The minimum atomic E-state index is 0.897. The molecule has 4 heteroatoms. The summed E-state index contributed by atoms with van der Waals surface area (Å²) in [5, 5.41) is 5.51. The third kappa shape index (κ3) is 4.39. The second-order valence-corrected chi connectivity index (χ2v) is 11.5. The van der Waals surface area contributed by atoms with Gasteiger partial charge in [-0.05, 0) is 47.5 Å². The van der Waals surface area contributed by atoms with Crippen molar-refractivity contribution in [3.63, 3.8) is 0 Å². The third-order valence-electron chi connectivity index (χ3n) is 8.74. The van der Waals surface area contributed by atoms with Gasteiger partial charge >= 0.3 is 0 Å². The minimum Gasteiger partial charge on any atom is -0.265 e. The average molecular weight is 587 g/mol. The molecule has 46 heavy (non-hydrogen) atoms. The molecule has 9 aromatic rings. The first-order valence-electron chi connectivity index (χ1n) is 15.4. The third-order valence-corrected chi connectivity index (χ3v) is 8.74. The Kier molecular flexibility index (Phi) is 6.10. The zero-order valence-corrected chi connectivity index (χ0v) is 24.8. The molecule has 4 aromatic heterocycles. The lowest BCUT2D eigenvalue weighted by molar-refractivity contribution is 1.32. The summed E-state index contributed by atoms with van der Waals surface area (Å²) < 4.78 is 0. The summed E-state index contributed by atoms with van der Waals surface area (Å²) >= 11 is 0. The molecule has 9 rings (SSSR count). The van der Waals surface area contributed by atoms with Crippen LogP contribution in [0.2, 0.25) is 0 Å². The molecule has 5 aromatic carbocycles. The van der Waals surface area contributed by atoms with Gasteiger partial charge in [-0.2, -0.15) is 0 Å². The Morgan fingerprint density at radius 2 is 1.02 bits per heavy atom. The standard InChI is InChI=1S/C42H26N4/c1-3-8-27(9-4-1)33-12-7-13-34-39(33)35-26-32(18-21-38(35)46-40(34)31-22-24-43-25-23-31)37-20-17-30-15-14-29-16-19-36(28-10-5-2-6-11-28)44-41(29)42(30)45-37/h1-26H. The first kappa shape index (κ1) is 26.2. The number of aromatic nitrogens is 4. The van der Waals surface area contributed by atoms with E-state index in [4.69, 9.17) is 15.0 Å². The maximum atomic E-state index is 5.25. The van der Waals surface area contributed by atoms with E-state index in [0.29, 0.717) is 0 Å². The van der Waals surface area contributed by atoms with Crippen LogP contribution in [0.1, 0.15) is 0 Å². The van der Waals surface area contributed by atoms with Gasteiger partial charge in [-0.3, -0.25) is 4.98 Å². The molecule has 0 aliphatic heterocycles. The molecule has 214 valence electrons. The largest absolute Gasteiger partial charge is 0.265 e. The Labute approximate surface area is 265 Å². The van der Waals surface area contributed by atoms with Gasteiger partial charge in [0.05, 0.1) is 33.6 Å². The molecule has 4 heterocycles. The van der Waals surface area contributed by atoms with Crippen LogP contribution in [-0.4, -0.2) is 19.9 Å². The fraction of sp³-hybridized carbons (Fsp3) is 0. The van der Waals surface area contributed by atoms with Crippen LogP contribution < -0.4 is 0 Å². The zero-order valence-electron chi connectivity index (χ0n) is 24.8. The number of nitrogens with zero attached hydrogens (tertiary/aromatic N) is 4. The molecule has 0 fully saturated rings. The number of benzene rings is 5. The van der Waals surface area contributed by atoms with Crippen LogP contribution in [-0.2, 0) is 0 Å². The molecule has 0 saturated carbocycles. The van der Waals surface area contributed by atoms with E-state index in [2.05, 4.69) is 120 Å². The molecule has 0 N–H and O–H groups in total. The van der Waals surface area contributed by atoms with Crippen molar-refractivity contribution < 1.29 is 0 Å². The van der Waals surface area contributed by atoms with Crippen LogP contribution in [0.15, 0.2) is 158 Å². The summed E-state index contributed by atoms with van der Waals surface area (Å²) in [6.45, 7) is 0. The van der Waals surface area contributed by atoms with E-state index >= 15 is 0 Å². The molecule has 0 atom stereocenters. The van der Waals surface area contributed by atoms with Crippen molar-refractivity contribution in [3.05, 3.63) is 158 Å². The highest BCUT2D eigenvalue weighted by molar-refractivity contribution is 6.17. The number of hydrogen-bond donors (Lipinski definition) is 0. The molecule has 0 amide bonds. The Morgan fingerprint density at radius 3 is 1.72 bits per heavy atom. The molecule has 0 spiro atoms. The van der Waals surface area contributed by atoms with Crippen LogP contribution in [0.25, 0.3) is 88.4 Å². The van der Waals surface area contributed by atoms with Crippen LogP contribution in [0, 0.1) is 0 Å². The van der Waals surface area contributed by atoms with Gasteiger partial charge in [0, 0.05) is 56.0 Å². The first-order valence-corrected chi connectivity index (χ1v) is 15.4. The van der Waals surface area contributed by atoms with Crippen molar-refractivity contribution in [2.45, 2.75) is 0 Å². The van der Waals surface area contributed by atoms with E-state index in [9.17, 15) is 0 Å². The van der Waals surface area contributed by atoms with Gasteiger partial charge in [0.15, 0.2) is 0 Å². The van der Waals surface area contributed by atoms with E-state index in [1.807, 2.05) is 42.7 Å². The molecule has 0 aliphatic carbocycles. The SMILES string of the molecule is c1ccc(-c2ccc3ccc4ccc(-c5ccc6nc(-c7ccncc7)c7cccc(-c8ccccc8)c7c6c5)nc4c3n2)cc1. The number of rotatable bonds is 4. The minimum absolute atomic E-state index is 0.897. The Morgan fingerprint density at radius 1 is 0.391 bits per heavy atom. The summed E-state index contributed by atoms with van der Waals surface area (Å²) in [4.78, 5) is 19.8. The number of hydrogen-bond acceptors (Lipinski definition) is 4. The van der Waals surface area contributed by atoms with E-state index in [1.165, 1.54) is 16.5 Å². The first-order chi connectivity index (χ1) is 22.8. The summed E-state index contributed by atoms with van der Waals surface area (Å²) in [6, 6.07) is 50.7. The van der Waals surface area contributed by atoms with Crippen LogP contribution in [0.5, 0.6) is 0 Å². The van der Waals surface area contributed by atoms with Crippen molar-refractivity contribution in [1.29, 1.82) is 0 Å². The van der Waals surface area contributed by atoms with E-state index in [-0.39, 0.29) is 0 Å². The van der Waals surface area contributed by atoms with Crippen LogP contribution in [0.3, 0.4) is 0 Å². The smallest absolute Gasteiger partial charge is 0.0972 e. The van der Waals surface area contributed by atoms with Crippen molar-refractivity contribution >= 4 is 43.5 Å². The normalized spacial score (nSPS) is 11.5. The summed E-state index contributed by atoms with van der Waals surface area (Å²) in [5.74, 6) is 0. The van der Waals surface area contributed by atoms with Gasteiger partial charge in [-0.15, -0.1) is 0 Å². The van der Waals surface area contributed by atoms with Crippen molar-refractivity contribution in [2.24, 2.45) is 0 Å². The molecular formula is C42H26N4. The maximum Gasteiger partial charge on any atom is 0.0972 e. The van der Waals surface area contributed by atoms with Gasteiger partial charge in [-0.25, -0.2) is 15.0 Å². The highest BCUT2D eigenvalue weighted by Crippen LogP contribution is 2.40. The fourth-order valence-corrected chi connectivity index (χ4v) is 6.50. The average Bonchev–Trinajstić information content (AvgIpc) is 3.14. The highest BCUT2D eigenvalue weighted by atomic mass is 14.8. The van der Waals surface area contributed by atoms with Gasteiger partial charge in [0.2, 0.25) is 0 Å². The number of pyridine rings is 4. The monoisotopic (exact) mass is 586 g/mol. The zero-order chi connectivity index (χ0) is 30.5. The Balaban J connectivity index is 1.28. The second-order valence-electron chi connectivity index (χ2n) is 11.5. The van der Waals surface area contributed by atoms with E-state index < -0.39 is 0 Å². The lowest BCUT2D eigenvalue weighted by Crippen LogP contribution is -1.94. The molecule has 0 radical (unpaired) electrons. The number of fused-ring (bicyclic) bond motifs is 6. The van der Waals surface area contributed by atoms with Crippen molar-refractivity contribution in [3.8, 4) is 44.9 Å². The van der Waals surface area contributed by atoms with E-state index in [0.717, 1.165) is 71.9 Å². The summed E-state index contributed by atoms with van der Waals surface area (Å²) in [5.41, 5.74) is 11.0. The topological polar surface area (TPSA) is 51.6 Å². The quantitative estimate of drug-likeness (QED) is 0.193. The Bertz CT molecular complexity index is 2560. The predicted molar refractivity (Wildman–Crippen MR) is 189 cm³/mol. The van der Waals surface area contributed by atoms with Crippen molar-refractivity contribution in [2.75, 3.05) is 0 Å². The summed E-state index contributed by atoms with van der Waals surface area (Å²) in [6.07, 6.45) is 3.65. The predicted octanol–water partition coefficient (Wildman–Crippen LogP) is 10.5. The van der Waals surface area contributed by atoms with Crippen molar-refractivity contribution in [1.82, 2.24) is 19.9 Å².